The summed E-state index contributed by atoms with van der Waals surface area (Å²) in [4.78, 5) is 31.2. The summed E-state index contributed by atoms with van der Waals surface area (Å²) in [5.74, 6) is -0.308. The summed E-state index contributed by atoms with van der Waals surface area (Å²) in [7, 11) is 0. The molecule has 2 aliphatic rings. The molecule has 2 N–H and O–H groups in total. The van der Waals surface area contributed by atoms with Gasteiger partial charge in [0.25, 0.3) is 11.8 Å². The molecule has 9 nitrogen and oxygen atoms in total. The lowest BCUT2D eigenvalue weighted by Gasteiger charge is -2.33. The van der Waals surface area contributed by atoms with E-state index in [9.17, 15) is 9.59 Å². The number of aliphatic imine (C=N–C) groups is 1. The molecule has 128 valence electrons. The maximum Gasteiger partial charge on any atom is 0.291 e. The van der Waals surface area contributed by atoms with Crippen LogP contribution in [-0.4, -0.2) is 50.5 Å². The Labute approximate surface area is 143 Å². The molecule has 0 aliphatic carbocycles. The molecule has 0 radical (unpaired) electrons. The van der Waals surface area contributed by atoms with E-state index in [-0.39, 0.29) is 17.6 Å². The van der Waals surface area contributed by atoms with Crippen LogP contribution >= 0.6 is 0 Å². The third kappa shape index (κ3) is 2.73. The fourth-order valence-corrected chi connectivity index (χ4v) is 2.92. The standard InChI is InChI=1S/C16H17N7O2/c1-10-15(24)23(11-5-3-2-4-6-11)20-14(17-10)16(25)22-8-7-12-13(9-22)19-21-18-12/h2-6,10H,7-9H2,1H3,(H,17,20)(H,18,19,21)/t10-/m0/s1. The SMILES string of the molecule is C[C@@H]1N=C(C(=O)N2CCc3n[nH]nc3C2)NN(c2ccccc2)C1=O. The molecule has 0 saturated carbocycles. The van der Waals surface area contributed by atoms with Crippen LogP contribution in [0.3, 0.4) is 0 Å². The molecule has 1 aromatic carbocycles. The summed E-state index contributed by atoms with van der Waals surface area (Å²) < 4.78 is 0. The van der Waals surface area contributed by atoms with Gasteiger partial charge in [-0.3, -0.25) is 15.0 Å². The normalized spacial score (nSPS) is 20.0. The first-order valence-corrected chi connectivity index (χ1v) is 8.05. The molecule has 0 spiro atoms. The summed E-state index contributed by atoms with van der Waals surface area (Å²) in [6.07, 6.45) is 0.641. The van der Waals surface area contributed by atoms with Crippen molar-refractivity contribution in [1.29, 1.82) is 0 Å². The zero-order chi connectivity index (χ0) is 17.4. The van der Waals surface area contributed by atoms with Gasteiger partial charge in [0.2, 0.25) is 5.84 Å². The van der Waals surface area contributed by atoms with Crippen LogP contribution in [0.5, 0.6) is 0 Å². The number of amidine groups is 1. The number of nitrogens with zero attached hydrogens (tertiary/aromatic N) is 5. The number of nitrogens with one attached hydrogen (secondary N) is 2. The molecule has 0 fully saturated rings. The van der Waals surface area contributed by atoms with Gasteiger partial charge < -0.3 is 4.90 Å². The van der Waals surface area contributed by atoms with Crippen molar-refractivity contribution < 1.29 is 9.59 Å². The third-order valence-electron chi connectivity index (χ3n) is 4.28. The minimum Gasteiger partial charge on any atom is -0.330 e. The average molecular weight is 339 g/mol. The molecule has 3 heterocycles. The molecule has 2 aliphatic heterocycles. The van der Waals surface area contributed by atoms with Crippen molar-refractivity contribution in [3.8, 4) is 0 Å². The van der Waals surface area contributed by atoms with Gasteiger partial charge in [0, 0.05) is 13.0 Å². The first-order valence-electron chi connectivity index (χ1n) is 8.05. The fourth-order valence-electron chi connectivity index (χ4n) is 2.92. The second-order valence-corrected chi connectivity index (χ2v) is 5.97. The number of hydrogen-bond donors (Lipinski definition) is 2. The number of aromatic nitrogens is 3. The van der Waals surface area contributed by atoms with E-state index in [4.69, 9.17) is 0 Å². The second kappa shape index (κ2) is 6.00. The fraction of sp³-hybridized carbons (Fsp3) is 0.312. The van der Waals surface area contributed by atoms with Crippen molar-refractivity contribution in [1.82, 2.24) is 25.7 Å². The van der Waals surface area contributed by atoms with Gasteiger partial charge in [-0.1, -0.05) is 18.2 Å². The van der Waals surface area contributed by atoms with Crippen molar-refractivity contribution in [3.63, 3.8) is 0 Å². The monoisotopic (exact) mass is 339 g/mol. The Morgan fingerprint density at radius 2 is 1.96 bits per heavy atom. The number of benzene rings is 1. The highest BCUT2D eigenvalue weighted by molar-refractivity contribution is 6.39. The largest absolute Gasteiger partial charge is 0.330 e. The van der Waals surface area contributed by atoms with Gasteiger partial charge >= 0.3 is 0 Å². The molecule has 4 rings (SSSR count). The van der Waals surface area contributed by atoms with E-state index in [1.165, 1.54) is 5.01 Å². The smallest absolute Gasteiger partial charge is 0.291 e. The summed E-state index contributed by atoms with van der Waals surface area (Å²) in [5.41, 5.74) is 5.18. The van der Waals surface area contributed by atoms with Crippen molar-refractivity contribution in [3.05, 3.63) is 41.7 Å². The van der Waals surface area contributed by atoms with E-state index < -0.39 is 6.04 Å². The zero-order valence-electron chi connectivity index (χ0n) is 13.6. The van der Waals surface area contributed by atoms with E-state index in [1.54, 1.807) is 24.0 Å². The van der Waals surface area contributed by atoms with Crippen molar-refractivity contribution >= 4 is 23.3 Å². The Balaban J connectivity index is 1.56. The molecular formula is C16H17N7O2. The molecule has 1 aromatic heterocycles. The van der Waals surface area contributed by atoms with E-state index in [0.717, 1.165) is 11.4 Å². The Hall–Kier alpha value is -3.23. The molecule has 0 unspecified atom stereocenters. The second-order valence-electron chi connectivity index (χ2n) is 5.97. The predicted molar refractivity (Wildman–Crippen MR) is 89.5 cm³/mol. The average Bonchev–Trinajstić information content (AvgIpc) is 3.11. The van der Waals surface area contributed by atoms with Gasteiger partial charge in [0.1, 0.15) is 11.7 Å². The summed E-state index contributed by atoms with van der Waals surface area (Å²) in [5, 5.41) is 12.1. The number of rotatable bonds is 2. The molecule has 0 bridgehead atoms. The molecule has 0 saturated heterocycles. The van der Waals surface area contributed by atoms with Crippen LogP contribution in [0.4, 0.5) is 5.69 Å². The molecule has 2 aromatic rings. The van der Waals surface area contributed by atoms with Crippen molar-refractivity contribution in [2.75, 3.05) is 11.6 Å². The Kier molecular flexibility index (Phi) is 3.68. The van der Waals surface area contributed by atoms with Crippen LogP contribution in [-0.2, 0) is 22.6 Å². The first kappa shape index (κ1) is 15.3. The maximum absolute atomic E-state index is 12.9. The molecule has 9 heteroatoms. The number of aromatic amines is 1. The number of para-hydroxylation sites is 1. The van der Waals surface area contributed by atoms with Gasteiger partial charge in [-0.2, -0.15) is 15.4 Å². The minimum absolute atomic E-state index is 0.155. The number of carbonyl (C=O) groups is 2. The lowest BCUT2D eigenvalue weighted by atomic mass is 10.1. The van der Waals surface area contributed by atoms with Crippen LogP contribution in [0.2, 0.25) is 0 Å². The minimum atomic E-state index is -0.632. The van der Waals surface area contributed by atoms with Crippen LogP contribution < -0.4 is 10.4 Å². The lowest BCUT2D eigenvalue weighted by molar-refractivity contribution is -0.125. The van der Waals surface area contributed by atoms with E-state index >= 15 is 0 Å². The van der Waals surface area contributed by atoms with E-state index in [0.29, 0.717) is 25.2 Å². The summed E-state index contributed by atoms with van der Waals surface area (Å²) >= 11 is 0. The molecule has 25 heavy (non-hydrogen) atoms. The first-order chi connectivity index (χ1) is 12.1. The van der Waals surface area contributed by atoms with Gasteiger partial charge in [-0.25, -0.2) is 10.0 Å². The highest BCUT2D eigenvalue weighted by Crippen LogP contribution is 2.18. The molecule has 2 amide bonds. The summed E-state index contributed by atoms with van der Waals surface area (Å²) in [6.45, 7) is 2.59. The van der Waals surface area contributed by atoms with Crippen molar-refractivity contribution in [2.45, 2.75) is 25.9 Å². The van der Waals surface area contributed by atoms with Crippen LogP contribution in [0.1, 0.15) is 18.3 Å². The van der Waals surface area contributed by atoms with Gasteiger partial charge in [0.05, 0.1) is 17.9 Å². The number of carbonyl (C=O) groups excluding carboxylic acids is 2. The number of fused-ring (bicyclic) bond motifs is 1. The Morgan fingerprint density at radius 1 is 1.20 bits per heavy atom. The summed E-state index contributed by atoms with van der Waals surface area (Å²) in [6, 6.07) is 8.50. The quantitative estimate of drug-likeness (QED) is 0.803. The number of H-pyrrole nitrogens is 1. The number of anilines is 1. The highest BCUT2D eigenvalue weighted by Gasteiger charge is 2.34. The van der Waals surface area contributed by atoms with E-state index in [2.05, 4.69) is 25.8 Å². The highest BCUT2D eigenvalue weighted by atomic mass is 16.2. The Bertz CT molecular complexity index is 845. The Morgan fingerprint density at radius 3 is 2.76 bits per heavy atom. The van der Waals surface area contributed by atoms with Crippen LogP contribution in [0.25, 0.3) is 0 Å². The number of hydrogen-bond acceptors (Lipinski definition) is 6. The van der Waals surface area contributed by atoms with Gasteiger partial charge in [-0.15, -0.1) is 0 Å². The van der Waals surface area contributed by atoms with Crippen LogP contribution in [0.15, 0.2) is 35.3 Å². The third-order valence-corrected chi connectivity index (χ3v) is 4.28. The predicted octanol–water partition coefficient (Wildman–Crippen LogP) is 0.0278. The maximum atomic E-state index is 12.9. The van der Waals surface area contributed by atoms with Crippen LogP contribution in [0, 0.1) is 0 Å². The molecule has 1 atom stereocenters. The van der Waals surface area contributed by atoms with Gasteiger partial charge in [0.15, 0.2) is 0 Å². The topological polar surface area (TPSA) is 107 Å². The lowest BCUT2D eigenvalue weighted by Crippen LogP contribution is -2.58. The number of amides is 2. The zero-order valence-corrected chi connectivity index (χ0v) is 13.6. The van der Waals surface area contributed by atoms with E-state index in [1.807, 2.05) is 18.2 Å². The van der Waals surface area contributed by atoms with Crippen molar-refractivity contribution in [2.24, 2.45) is 4.99 Å². The van der Waals surface area contributed by atoms with Gasteiger partial charge in [-0.05, 0) is 19.1 Å². The number of hydrazine groups is 1. The molecular weight excluding hydrogens is 322 g/mol.